The van der Waals surface area contributed by atoms with Gasteiger partial charge in [-0.05, 0) is 41.8 Å². The van der Waals surface area contributed by atoms with Gasteiger partial charge in [0.15, 0.2) is 0 Å². The molecule has 116 valence electrons. The third-order valence-electron chi connectivity index (χ3n) is 3.10. The van der Waals surface area contributed by atoms with Crippen LogP contribution in [0.25, 0.3) is 0 Å². The minimum atomic E-state index is -0.505. The van der Waals surface area contributed by atoms with Crippen LogP contribution in [-0.2, 0) is 5.41 Å². The minimum absolute atomic E-state index is 0.164. The summed E-state index contributed by atoms with van der Waals surface area (Å²) in [5.74, 6) is 0.0150. The van der Waals surface area contributed by atoms with E-state index < -0.39 is 5.97 Å². The molecule has 0 aliphatic heterocycles. The van der Waals surface area contributed by atoms with Crippen LogP contribution in [0.3, 0.4) is 0 Å². The molecule has 2 aromatic carbocycles. The number of esters is 1. The van der Waals surface area contributed by atoms with Crippen LogP contribution in [-0.4, -0.2) is 5.97 Å². The van der Waals surface area contributed by atoms with Crippen LogP contribution in [0.5, 0.6) is 5.75 Å². The molecule has 0 saturated heterocycles. The van der Waals surface area contributed by atoms with Gasteiger partial charge in [-0.2, -0.15) is 0 Å². The third-order valence-corrected chi connectivity index (χ3v) is 4.14. The summed E-state index contributed by atoms with van der Waals surface area (Å²) in [5.41, 5.74) is 1.05. The van der Waals surface area contributed by atoms with Gasteiger partial charge in [0.1, 0.15) is 5.75 Å². The smallest absolute Gasteiger partial charge is 0.345 e. The van der Waals surface area contributed by atoms with Crippen LogP contribution >= 0.6 is 39.1 Å². The van der Waals surface area contributed by atoms with Gasteiger partial charge in [-0.1, -0.05) is 59.9 Å². The molecule has 0 atom stereocenters. The molecule has 5 heteroatoms. The first-order valence-electron chi connectivity index (χ1n) is 6.66. The van der Waals surface area contributed by atoms with Gasteiger partial charge in [0.05, 0.1) is 10.6 Å². The molecule has 0 unspecified atom stereocenters. The maximum atomic E-state index is 12.3. The van der Waals surface area contributed by atoms with E-state index in [4.69, 9.17) is 27.9 Å². The molecule has 0 heterocycles. The molecule has 2 aromatic rings. The van der Waals surface area contributed by atoms with E-state index in [-0.39, 0.29) is 16.0 Å². The van der Waals surface area contributed by atoms with Crippen molar-refractivity contribution in [3.63, 3.8) is 0 Å². The third kappa shape index (κ3) is 4.03. The van der Waals surface area contributed by atoms with E-state index in [9.17, 15) is 4.79 Å². The van der Waals surface area contributed by atoms with E-state index in [1.807, 2.05) is 12.1 Å². The van der Waals surface area contributed by atoms with Gasteiger partial charge >= 0.3 is 5.97 Å². The lowest BCUT2D eigenvalue weighted by Crippen LogP contribution is -2.16. The second kappa shape index (κ2) is 6.61. The number of carbonyl (C=O) groups is 1. The van der Waals surface area contributed by atoms with Crippen molar-refractivity contribution in [3.8, 4) is 5.75 Å². The number of benzene rings is 2. The molecule has 0 aliphatic rings. The molecular formula is C17H15BrCl2O2. The molecule has 22 heavy (non-hydrogen) atoms. The van der Waals surface area contributed by atoms with Crippen LogP contribution in [0.1, 0.15) is 36.7 Å². The fourth-order valence-electron chi connectivity index (χ4n) is 1.99. The Kier molecular flexibility index (Phi) is 5.21. The van der Waals surface area contributed by atoms with E-state index in [2.05, 4.69) is 36.7 Å². The fraction of sp³-hybridized carbons (Fsp3) is 0.235. The molecule has 2 rings (SSSR count). The van der Waals surface area contributed by atoms with Gasteiger partial charge in [0, 0.05) is 15.1 Å². The Balaban J connectivity index is 2.36. The standard InChI is InChI=1S/C17H15BrCl2O2/c1-17(2,3)13-8-10(18)4-7-15(13)22-16(21)12-6-5-11(19)9-14(12)20/h4-9H,1-3H3. The zero-order valence-corrected chi connectivity index (χ0v) is 15.5. The highest BCUT2D eigenvalue weighted by molar-refractivity contribution is 9.10. The van der Waals surface area contributed by atoms with Gasteiger partial charge in [-0.3, -0.25) is 0 Å². The largest absolute Gasteiger partial charge is 0.423 e. The highest BCUT2D eigenvalue weighted by atomic mass is 79.9. The second-order valence-corrected chi connectivity index (χ2v) is 7.66. The van der Waals surface area contributed by atoms with E-state index in [0.717, 1.165) is 10.0 Å². The van der Waals surface area contributed by atoms with E-state index >= 15 is 0 Å². The van der Waals surface area contributed by atoms with E-state index in [1.165, 1.54) is 6.07 Å². The highest BCUT2D eigenvalue weighted by Gasteiger charge is 2.22. The monoisotopic (exact) mass is 400 g/mol. The number of hydrogen-bond donors (Lipinski definition) is 0. The Bertz CT molecular complexity index is 721. The van der Waals surface area contributed by atoms with Crippen LogP contribution in [0.2, 0.25) is 10.0 Å². The summed E-state index contributed by atoms with van der Waals surface area (Å²) >= 11 is 15.3. The first kappa shape index (κ1) is 17.3. The number of rotatable bonds is 2. The molecule has 0 aromatic heterocycles. The number of halogens is 3. The van der Waals surface area contributed by atoms with Crippen LogP contribution in [0.4, 0.5) is 0 Å². The zero-order chi connectivity index (χ0) is 16.5. The van der Waals surface area contributed by atoms with Crippen molar-refractivity contribution < 1.29 is 9.53 Å². The number of carbonyl (C=O) groups excluding carboxylic acids is 1. The molecule has 2 nitrogen and oxygen atoms in total. The summed E-state index contributed by atoms with van der Waals surface area (Å²) in [5, 5.41) is 0.743. The van der Waals surface area contributed by atoms with Crippen LogP contribution in [0, 0.1) is 0 Å². The molecule has 0 radical (unpaired) electrons. The van der Waals surface area contributed by atoms with E-state index in [0.29, 0.717) is 10.8 Å². The van der Waals surface area contributed by atoms with Crippen molar-refractivity contribution in [3.05, 3.63) is 62.0 Å². The van der Waals surface area contributed by atoms with Gasteiger partial charge in [-0.25, -0.2) is 4.79 Å². The maximum Gasteiger partial charge on any atom is 0.345 e. The van der Waals surface area contributed by atoms with Gasteiger partial charge < -0.3 is 4.74 Å². The maximum absolute atomic E-state index is 12.3. The Morgan fingerprint density at radius 1 is 1.09 bits per heavy atom. The first-order valence-corrected chi connectivity index (χ1v) is 8.20. The lowest BCUT2D eigenvalue weighted by Gasteiger charge is -2.22. The lowest BCUT2D eigenvalue weighted by molar-refractivity contribution is 0.0732. The molecule has 0 bridgehead atoms. The molecule has 0 amide bonds. The molecule has 0 aliphatic carbocycles. The zero-order valence-electron chi connectivity index (χ0n) is 12.4. The van der Waals surface area contributed by atoms with Crippen molar-refractivity contribution in [1.29, 1.82) is 0 Å². The SMILES string of the molecule is CC(C)(C)c1cc(Br)ccc1OC(=O)c1ccc(Cl)cc1Cl. The molecule has 0 N–H and O–H groups in total. The average Bonchev–Trinajstić information content (AvgIpc) is 2.39. The molecular weight excluding hydrogens is 387 g/mol. The topological polar surface area (TPSA) is 26.3 Å². The minimum Gasteiger partial charge on any atom is -0.423 e. The average molecular weight is 402 g/mol. The van der Waals surface area contributed by atoms with Crippen LogP contribution < -0.4 is 4.74 Å². The normalized spacial score (nSPS) is 11.4. The second-order valence-electron chi connectivity index (χ2n) is 5.90. The summed E-state index contributed by atoms with van der Waals surface area (Å²) in [6, 6.07) is 10.2. The van der Waals surface area contributed by atoms with Gasteiger partial charge in [0.2, 0.25) is 0 Å². The fourth-order valence-corrected chi connectivity index (χ4v) is 2.83. The van der Waals surface area contributed by atoms with Gasteiger partial charge in [-0.15, -0.1) is 0 Å². The predicted octanol–water partition coefficient (Wildman–Crippen LogP) is 6.27. The van der Waals surface area contributed by atoms with Crippen molar-refractivity contribution in [2.24, 2.45) is 0 Å². The summed E-state index contributed by atoms with van der Waals surface area (Å²) in [4.78, 5) is 12.3. The summed E-state index contributed by atoms with van der Waals surface area (Å²) < 4.78 is 6.48. The van der Waals surface area contributed by atoms with Gasteiger partial charge in [0.25, 0.3) is 0 Å². The lowest BCUT2D eigenvalue weighted by atomic mass is 9.86. The summed E-state index contributed by atoms with van der Waals surface area (Å²) in [6.45, 7) is 6.17. The van der Waals surface area contributed by atoms with Crippen LogP contribution in [0.15, 0.2) is 40.9 Å². The number of ether oxygens (including phenoxy) is 1. The quantitative estimate of drug-likeness (QED) is 0.437. The van der Waals surface area contributed by atoms with Crippen molar-refractivity contribution >= 4 is 45.1 Å². The molecule has 0 fully saturated rings. The Hall–Kier alpha value is -1.03. The van der Waals surface area contributed by atoms with Crippen molar-refractivity contribution in [1.82, 2.24) is 0 Å². The Labute approximate surface area is 148 Å². The predicted molar refractivity (Wildman–Crippen MR) is 94.3 cm³/mol. The Morgan fingerprint density at radius 3 is 2.36 bits per heavy atom. The highest BCUT2D eigenvalue weighted by Crippen LogP contribution is 2.34. The molecule has 0 spiro atoms. The summed E-state index contributed by atoms with van der Waals surface area (Å²) in [7, 11) is 0. The Morgan fingerprint density at radius 2 is 1.77 bits per heavy atom. The van der Waals surface area contributed by atoms with Crippen molar-refractivity contribution in [2.75, 3.05) is 0 Å². The first-order chi connectivity index (χ1) is 10.2. The van der Waals surface area contributed by atoms with Crippen molar-refractivity contribution in [2.45, 2.75) is 26.2 Å². The van der Waals surface area contributed by atoms with E-state index in [1.54, 1.807) is 18.2 Å². The number of hydrogen-bond acceptors (Lipinski definition) is 2. The summed E-state index contributed by atoms with van der Waals surface area (Å²) in [6.07, 6.45) is 0. The molecule has 0 saturated carbocycles.